The van der Waals surface area contributed by atoms with E-state index in [2.05, 4.69) is 26.3 Å². The summed E-state index contributed by atoms with van der Waals surface area (Å²) in [5, 5.41) is 12.9. The van der Waals surface area contributed by atoms with Crippen LogP contribution in [-0.4, -0.2) is 33.2 Å². The molecule has 6 nitrogen and oxygen atoms in total. The zero-order valence-corrected chi connectivity index (χ0v) is 16.4. The fraction of sp³-hybridized carbons (Fsp3) is 0.300. The molecule has 3 aromatic rings. The molecular formula is C20H21N5OS. The standard InChI is InChI=1S/C20H21N5OS/c1-12-13(2)15(10-21)20(23-14(12)3)27-11-19(26)22-9-8-18-24-16-6-4-5-7-17(16)25-18/h4-7H,8-9,11H2,1-3H3,(H,22,26)(H,24,25). The molecule has 2 heterocycles. The largest absolute Gasteiger partial charge is 0.355 e. The van der Waals surface area contributed by atoms with Crippen LogP contribution >= 0.6 is 11.8 Å². The number of nitriles is 1. The summed E-state index contributed by atoms with van der Waals surface area (Å²) in [6.45, 7) is 6.29. The lowest BCUT2D eigenvalue weighted by molar-refractivity contribution is -0.118. The van der Waals surface area contributed by atoms with Gasteiger partial charge in [-0.3, -0.25) is 4.79 Å². The van der Waals surface area contributed by atoms with Crippen molar-refractivity contribution in [2.75, 3.05) is 12.3 Å². The highest BCUT2D eigenvalue weighted by molar-refractivity contribution is 8.00. The Balaban J connectivity index is 1.54. The monoisotopic (exact) mass is 379 g/mol. The zero-order chi connectivity index (χ0) is 19.4. The molecule has 1 amide bonds. The van der Waals surface area contributed by atoms with Crippen LogP contribution < -0.4 is 5.32 Å². The van der Waals surface area contributed by atoms with E-state index >= 15 is 0 Å². The number of nitrogens with zero attached hydrogens (tertiary/aromatic N) is 3. The number of carbonyl (C=O) groups is 1. The van der Waals surface area contributed by atoms with Crippen molar-refractivity contribution in [3.8, 4) is 6.07 Å². The summed E-state index contributed by atoms with van der Waals surface area (Å²) in [5.74, 6) is 0.990. The first-order valence-electron chi connectivity index (χ1n) is 8.70. The van der Waals surface area contributed by atoms with Gasteiger partial charge in [-0.05, 0) is 44.0 Å². The first-order chi connectivity index (χ1) is 13.0. The van der Waals surface area contributed by atoms with Gasteiger partial charge in [-0.25, -0.2) is 9.97 Å². The molecule has 0 aliphatic rings. The average Bonchev–Trinajstić information content (AvgIpc) is 3.07. The van der Waals surface area contributed by atoms with E-state index in [1.54, 1.807) is 0 Å². The van der Waals surface area contributed by atoms with Crippen molar-refractivity contribution in [2.24, 2.45) is 0 Å². The Hall–Kier alpha value is -2.85. The molecule has 0 fully saturated rings. The van der Waals surface area contributed by atoms with Crippen LogP contribution in [0.4, 0.5) is 0 Å². The van der Waals surface area contributed by atoms with E-state index in [9.17, 15) is 10.1 Å². The minimum Gasteiger partial charge on any atom is -0.355 e. The molecule has 2 N–H and O–H groups in total. The van der Waals surface area contributed by atoms with Crippen molar-refractivity contribution in [1.82, 2.24) is 20.3 Å². The highest BCUT2D eigenvalue weighted by atomic mass is 32.2. The summed E-state index contributed by atoms with van der Waals surface area (Å²) in [5.41, 5.74) is 5.31. The lowest BCUT2D eigenvalue weighted by Gasteiger charge is -2.11. The fourth-order valence-corrected chi connectivity index (χ4v) is 3.69. The third kappa shape index (κ3) is 4.29. The number of benzene rings is 1. The van der Waals surface area contributed by atoms with Crippen molar-refractivity contribution in [3.63, 3.8) is 0 Å². The topological polar surface area (TPSA) is 94.5 Å². The first-order valence-corrected chi connectivity index (χ1v) is 9.69. The van der Waals surface area contributed by atoms with Crippen LogP contribution in [0.15, 0.2) is 29.3 Å². The molecule has 7 heteroatoms. The molecule has 0 unspecified atom stereocenters. The second-order valence-electron chi connectivity index (χ2n) is 6.33. The summed E-state index contributed by atoms with van der Waals surface area (Å²) in [4.78, 5) is 24.4. The number of aromatic nitrogens is 3. The van der Waals surface area contributed by atoms with Gasteiger partial charge in [0, 0.05) is 18.7 Å². The molecule has 138 valence electrons. The van der Waals surface area contributed by atoms with Crippen LogP contribution in [-0.2, 0) is 11.2 Å². The van der Waals surface area contributed by atoms with Crippen LogP contribution in [0.1, 0.15) is 28.2 Å². The van der Waals surface area contributed by atoms with E-state index in [4.69, 9.17) is 0 Å². The number of hydrogen-bond donors (Lipinski definition) is 2. The van der Waals surface area contributed by atoms with Crippen molar-refractivity contribution >= 4 is 28.7 Å². The summed E-state index contributed by atoms with van der Waals surface area (Å²) < 4.78 is 0. The minimum atomic E-state index is -0.0855. The maximum atomic E-state index is 12.1. The molecule has 27 heavy (non-hydrogen) atoms. The normalized spacial score (nSPS) is 10.7. The summed E-state index contributed by atoms with van der Waals surface area (Å²) in [7, 11) is 0. The Kier molecular flexibility index (Phi) is 5.77. The predicted molar refractivity (Wildman–Crippen MR) is 107 cm³/mol. The highest BCUT2D eigenvalue weighted by Gasteiger charge is 2.14. The lowest BCUT2D eigenvalue weighted by Crippen LogP contribution is -2.27. The number of carbonyl (C=O) groups excluding carboxylic acids is 1. The molecule has 3 rings (SSSR count). The smallest absolute Gasteiger partial charge is 0.230 e. The number of amides is 1. The molecule has 0 atom stereocenters. The molecule has 0 saturated carbocycles. The number of aryl methyl sites for hydroxylation is 1. The Morgan fingerprint density at radius 2 is 2.00 bits per heavy atom. The van der Waals surface area contributed by atoms with Gasteiger partial charge in [0.1, 0.15) is 16.9 Å². The Bertz CT molecular complexity index is 1000. The van der Waals surface area contributed by atoms with Gasteiger partial charge in [-0.15, -0.1) is 0 Å². The number of aromatic amines is 1. The molecule has 0 radical (unpaired) electrons. The number of thioether (sulfide) groups is 1. The van der Waals surface area contributed by atoms with Gasteiger partial charge in [-0.2, -0.15) is 5.26 Å². The van der Waals surface area contributed by atoms with Crippen molar-refractivity contribution in [2.45, 2.75) is 32.2 Å². The van der Waals surface area contributed by atoms with E-state index in [0.717, 1.165) is 33.7 Å². The van der Waals surface area contributed by atoms with Crippen LogP contribution in [0.5, 0.6) is 0 Å². The van der Waals surface area contributed by atoms with Gasteiger partial charge in [0.05, 0.1) is 22.3 Å². The number of pyridine rings is 1. The first kappa shape index (κ1) is 18.9. The molecule has 0 aliphatic carbocycles. The fourth-order valence-electron chi connectivity index (χ4n) is 2.78. The molecule has 1 aromatic carbocycles. The summed E-state index contributed by atoms with van der Waals surface area (Å²) in [6, 6.07) is 10.0. The Morgan fingerprint density at radius 1 is 1.22 bits per heavy atom. The van der Waals surface area contributed by atoms with Crippen LogP contribution in [0.3, 0.4) is 0 Å². The third-order valence-electron chi connectivity index (χ3n) is 4.54. The van der Waals surface area contributed by atoms with Crippen molar-refractivity contribution in [3.05, 3.63) is 52.5 Å². The van der Waals surface area contributed by atoms with Crippen molar-refractivity contribution in [1.29, 1.82) is 5.26 Å². The Morgan fingerprint density at radius 3 is 2.74 bits per heavy atom. The second-order valence-corrected chi connectivity index (χ2v) is 7.29. The second kappa shape index (κ2) is 8.23. The highest BCUT2D eigenvalue weighted by Crippen LogP contribution is 2.26. The van der Waals surface area contributed by atoms with E-state index in [1.165, 1.54) is 11.8 Å². The number of fused-ring (bicyclic) bond motifs is 1. The van der Waals surface area contributed by atoms with E-state index in [-0.39, 0.29) is 11.7 Å². The summed E-state index contributed by atoms with van der Waals surface area (Å²) >= 11 is 1.30. The van der Waals surface area contributed by atoms with E-state index in [0.29, 0.717) is 23.6 Å². The lowest BCUT2D eigenvalue weighted by atomic mass is 10.1. The molecule has 0 bridgehead atoms. The number of nitrogens with one attached hydrogen (secondary N) is 2. The number of H-pyrrole nitrogens is 1. The van der Waals surface area contributed by atoms with Gasteiger partial charge >= 0.3 is 0 Å². The van der Waals surface area contributed by atoms with Gasteiger partial charge in [0.25, 0.3) is 0 Å². The SMILES string of the molecule is Cc1nc(SCC(=O)NCCc2nc3ccccc3[nH]2)c(C#N)c(C)c1C. The van der Waals surface area contributed by atoms with Gasteiger partial charge in [0.15, 0.2) is 0 Å². The van der Waals surface area contributed by atoms with Gasteiger partial charge < -0.3 is 10.3 Å². The molecule has 0 aliphatic heterocycles. The Labute approximate surface area is 162 Å². The quantitative estimate of drug-likeness (QED) is 0.641. The van der Waals surface area contributed by atoms with Gasteiger partial charge in [0.2, 0.25) is 5.91 Å². The zero-order valence-electron chi connectivity index (χ0n) is 15.6. The number of hydrogen-bond acceptors (Lipinski definition) is 5. The van der Waals surface area contributed by atoms with E-state index in [1.807, 2.05) is 45.0 Å². The minimum absolute atomic E-state index is 0.0855. The van der Waals surface area contributed by atoms with Gasteiger partial charge in [-0.1, -0.05) is 23.9 Å². The molecule has 0 spiro atoms. The molecular weight excluding hydrogens is 358 g/mol. The maximum absolute atomic E-state index is 12.1. The van der Waals surface area contributed by atoms with Crippen LogP contribution in [0.25, 0.3) is 11.0 Å². The average molecular weight is 379 g/mol. The number of imidazole rings is 1. The van der Waals surface area contributed by atoms with Crippen molar-refractivity contribution < 1.29 is 4.79 Å². The molecule has 0 saturated heterocycles. The number of para-hydroxylation sites is 2. The number of rotatable bonds is 6. The predicted octanol–water partition coefficient (Wildman–Crippen LogP) is 3.21. The third-order valence-corrected chi connectivity index (χ3v) is 5.51. The maximum Gasteiger partial charge on any atom is 0.230 e. The van der Waals surface area contributed by atoms with Crippen LogP contribution in [0.2, 0.25) is 0 Å². The van der Waals surface area contributed by atoms with E-state index < -0.39 is 0 Å². The van der Waals surface area contributed by atoms with Crippen LogP contribution in [0, 0.1) is 32.1 Å². The molecule has 2 aromatic heterocycles. The summed E-state index contributed by atoms with van der Waals surface area (Å²) in [6.07, 6.45) is 0.634.